The van der Waals surface area contributed by atoms with Crippen LogP contribution in [0.3, 0.4) is 0 Å². The Labute approximate surface area is 732 Å². The third kappa shape index (κ3) is 14.2. The summed E-state index contributed by atoms with van der Waals surface area (Å²) in [5, 5.41) is 2.68. The summed E-state index contributed by atoms with van der Waals surface area (Å²) in [4.78, 5) is 5.20. The quantitative estimate of drug-likeness (QED) is 0.0955. The molecule has 3 heteroatoms. The molecule has 0 atom stereocenters. The minimum atomic E-state index is -0.671. The van der Waals surface area contributed by atoms with Crippen LogP contribution in [0.2, 0.25) is 0 Å². The number of benzene rings is 15. The lowest BCUT2D eigenvalue weighted by molar-refractivity contribution is 0.656. The van der Waals surface area contributed by atoms with Crippen LogP contribution in [0.4, 0.5) is 34.1 Å². The zero-order valence-corrected chi connectivity index (χ0v) is 75.6. The first-order valence-corrected chi connectivity index (χ1v) is 45.4. The van der Waals surface area contributed by atoms with Crippen LogP contribution < -0.4 is 9.80 Å². The summed E-state index contributed by atoms with van der Waals surface area (Å²) in [6.07, 6.45) is 10.5. The second-order valence-corrected chi connectivity index (χ2v) is 37.5. The van der Waals surface area contributed by atoms with Crippen LogP contribution >= 0.6 is 0 Å². The maximum absolute atomic E-state index is 2.66. The lowest BCUT2D eigenvalue weighted by Gasteiger charge is -2.47. The van der Waals surface area contributed by atoms with E-state index >= 15 is 0 Å². The number of aromatic nitrogens is 1. The van der Waals surface area contributed by atoms with Crippen molar-refractivity contribution in [3.63, 3.8) is 0 Å². The molecule has 0 radical (unpaired) electrons. The van der Waals surface area contributed by atoms with Gasteiger partial charge in [-0.2, -0.15) is 0 Å². The van der Waals surface area contributed by atoms with Gasteiger partial charge in [-0.1, -0.05) is 330 Å². The molecular formula is C120H119N3. The molecule has 0 saturated carbocycles. The van der Waals surface area contributed by atoms with E-state index in [2.05, 4.69) is 435 Å². The van der Waals surface area contributed by atoms with Crippen molar-refractivity contribution >= 4 is 55.9 Å². The van der Waals surface area contributed by atoms with Crippen LogP contribution in [0.15, 0.2) is 303 Å². The largest absolute Gasteiger partial charge is 0.310 e. The molecule has 0 spiro atoms. The number of aryl methyl sites for hydroxylation is 13. The van der Waals surface area contributed by atoms with Crippen LogP contribution in [0.5, 0.6) is 0 Å². The average molecular weight is 1600 g/mol. The molecule has 0 fully saturated rings. The first-order chi connectivity index (χ1) is 59.4. The number of unbranched alkanes of at least 4 members (excludes halogenated alkanes) is 3. The van der Waals surface area contributed by atoms with Gasteiger partial charge in [-0.05, 0) is 311 Å². The van der Waals surface area contributed by atoms with Crippen LogP contribution in [0.1, 0.15) is 226 Å². The SMILES string of the molecule is CCCCc1ccc(-n2c3ccc(C)cc3c3cc(C)ccc32)cc1.CCCCc1ccc(N2c3ccc(C)cc3C(c3ccc(C)cc3)(c3ccc(C)cc3)c3cc4c(cc32)C(C)(C)c2cc3c(cc2-4)C(c2ccc(C)cc2)(c2ccc(C)cc2)c2cc(C)ccc2N3c2ccc(CCCC)cc2)cc1.Cc1ccc2c(c1)C(C)(C)c1cc(C)ccc1-2. The lowest BCUT2D eigenvalue weighted by Crippen LogP contribution is -2.38. The highest BCUT2D eigenvalue weighted by molar-refractivity contribution is 6.10. The van der Waals surface area contributed by atoms with Gasteiger partial charge in [0.1, 0.15) is 0 Å². The van der Waals surface area contributed by atoms with E-state index in [9.17, 15) is 0 Å². The zero-order chi connectivity index (χ0) is 85.5. The molecule has 3 heterocycles. The molecule has 3 nitrogen and oxygen atoms in total. The maximum Gasteiger partial charge on any atom is 0.0742 e. The molecule has 0 saturated heterocycles. The molecule has 4 aliphatic rings. The van der Waals surface area contributed by atoms with E-state index in [0.29, 0.717) is 0 Å². The van der Waals surface area contributed by atoms with E-state index in [4.69, 9.17) is 0 Å². The Morgan fingerprint density at radius 1 is 0.220 bits per heavy atom. The molecule has 123 heavy (non-hydrogen) atoms. The summed E-state index contributed by atoms with van der Waals surface area (Å²) in [6, 6.07) is 118. The van der Waals surface area contributed by atoms with Crippen molar-refractivity contribution in [2.24, 2.45) is 0 Å². The van der Waals surface area contributed by atoms with Gasteiger partial charge in [-0.15, -0.1) is 0 Å². The standard InChI is InChI=1S/C79H76N2.C24H25N.C17H18/c1-11-13-15-57-27-39-63(40-28-57)80-73-43-25-55(7)45-69(73)78(59-31-17-51(3)18-32-59,60-33-19-52(4)20-34-60)71-47-65-66-48-72-76(50-68(66)77(9,10)67(65)49-75(71)80)81(64-41-29-58(30-42-64)16-14-12-2)74-44-26-56(8)46-70(74)79(72,61-35-21-53(5)22-36-61)62-37-23-54(6)24-38-62;1-4-5-6-19-9-11-20(12-10-19)25-23-13-7-17(2)15-21(23)22-16-18(3)8-14-24(22)25;1-11-5-7-13-14-8-6-12(2)10-16(14)17(3,4)15(13)9-11/h17-50H,11-16H2,1-10H3;7-16H,4-6H2,1-3H3;5-10H,1-4H3. The van der Waals surface area contributed by atoms with E-state index in [0.717, 1.165) is 12.8 Å². The fourth-order valence-corrected chi connectivity index (χ4v) is 21.0. The summed E-state index contributed by atoms with van der Waals surface area (Å²) in [6.45, 7) is 38.5. The molecule has 16 aromatic rings. The third-order valence-corrected chi connectivity index (χ3v) is 27.8. The number of hydrogen-bond donors (Lipinski definition) is 0. The molecule has 1 aromatic heterocycles. The number of fused-ring (bicyclic) bond motifs is 13. The van der Waals surface area contributed by atoms with Gasteiger partial charge in [0.2, 0.25) is 0 Å². The van der Waals surface area contributed by atoms with Crippen LogP contribution in [-0.2, 0) is 40.9 Å². The van der Waals surface area contributed by atoms with Crippen LogP contribution in [0.25, 0.3) is 49.7 Å². The van der Waals surface area contributed by atoms with Crippen molar-refractivity contribution in [2.45, 2.75) is 197 Å². The van der Waals surface area contributed by atoms with Crippen LogP contribution in [0, 0.1) is 69.2 Å². The number of hydrogen-bond acceptors (Lipinski definition) is 2. The van der Waals surface area contributed by atoms with Crippen molar-refractivity contribution in [2.75, 3.05) is 9.80 Å². The molecule has 2 aliphatic carbocycles. The summed E-state index contributed by atoms with van der Waals surface area (Å²) < 4.78 is 2.40. The van der Waals surface area contributed by atoms with Gasteiger partial charge in [0.05, 0.1) is 44.6 Å². The number of nitrogens with zero attached hydrogens (tertiary/aromatic N) is 3. The van der Waals surface area contributed by atoms with E-state index in [1.807, 2.05) is 0 Å². The summed E-state index contributed by atoms with van der Waals surface area (Å²) in [7, 11) is 0. The predicted octanol–water partition coefficient (Wildman–Crippen LogP) is 32.2. The van der Waals surface area contributed by atoms with E-state index in [1.54, 1.807) is 0 Å². The Balaban J connectivity index is 0.000000197. The topological polar surface area (TPSA) is 11.4 Å². The third-order valence-electron chi connectivity index (χ3n) is 27.8. The van der Waals surface area contributed by atoms with E-state index in [1.165, 1.54) is 268 Å². The van der Waals surface area contributed by atoms with Gasteiger partial charge in [0.25, 0.3) is 0 Å². The number of anilines is 6. The molecular weight excluding hydrogens is 1480 g/mol. The van der Waals surface area contributed by atoms with Crippen molar-refractivity contribution in [3.8, 4) is 27.9 Å². The molecule has 2 aliphatic heterocycles. The van der Waals surface area contributed by atoms with Gasteiger partial charge in [0, 0.05) is 38.7 Å². The fraction of sp³-hybridized carbons (Fsp3) is 0.250. The zero-order valence-electron chi connectivity index (χ0n) is 75.6. The molecule has 0 bridgehead atoms. The second kappa shape index (κ2) is 32.5. The highest BCUT2D eigenvalue weighted by Crippen LogP contribution is 2.65. The highest BCUT2D eigenvalue weighted by Gasteiger charge is 2.52. The van der Waals surface area contributed by atoms with Crippen molar-refractivity contribution in [1.82, 2.24) is 4.57 Å². The van der Waals surface area contributed by atoms with Gasteiger partial charge in [0.15, 0.2) is 0 Å². The van der Waals surface area contributed by atoms with Gasteiger partial charge >= 0.3 is 0 Å². The Hall–Kier alpha value is -12.3. The first-order valence-electron chi connectivity index (χ1n) is 45.4. The van der Waals surface area contributed by atoms with Crippen molar-refractivity contribution in [1.29, 1.82) is 0 Å². The average Bonchev–Trinajstić information content (AvgIpc) is 1.67. The summed E-state index contributed by atoms with van der Waals surface area (Å²) in [5.74, 6) is 0. The Morgan fingerprint density at radius 2 is 0.480 bits per heavy atom. The van der Waals surface area contributed by atoms with Gasteiger partial charge in [-0.25, -0.2) is 0 Å². The molecule has 0 N–H and O–H groups in total. The Kier molecular flexibility index (Phi) is 21.6. The Morgan fingerprint density at radius 3 is 0.797 bits per heavy atom. The monoisotopic (exact) mass is 1600 g/mol. The predicted molar refractivity (Wildman–Crippen MR) is 525 cm³/mol. The first kappa shape index (κ1) is 81.7. The molecule has 20 rings (SSSR count). The summed E-state index contributed by atoms with van der Waals surface area (Å²) in [5.41, 5.74) is 47.8. The minimum absolute atomic E-state index is 0.142. The maximum atomic E-state index is 2.66. The lowest BCUT2D eigenvalue weighted by atomic mass is 9.61. The van der Waals surface area contributed by atoms with Gasteiger partial charge in [-0.3, -0.25) is 0 Å². The smallest absolute Gasteiger partial charge is 0.0742 e. The molecule has 0 unspecified atom stereocenters. The fourth-order valence-electron chi connectivity index (χ4n) is 21.0. The van der Waals surface area contributed by atoms with Crippen molar-refractivity contribution < 1.29 is 0 Å². The highest BCUT2D eigenvalue weighted by atomic mass is 15.2. The van der Waals surface area contributed by atoms with Gasteiger partial charge < -0.3 is 14.4 Å². The normalized spacial score (nSPS) is 14.3. The van der Waals surface area contributed by atoms with Crippen molar-refractivity contribution in [3.05, 3.63) is 442 Å². The van der Waals surface area contributed by atoms with E-state index in [-0.39, 0.29) is 10.8 Å². The summed E-state index contributed by atoms with van der Waals surface area (Å²) >= 11 is 0. The molecule has 0 amide bonds. The van der Waals surface area contributed by atoms with E-state index < -0.39 is 10.8 Å². The Bertz CT molecular complexity index is 6210. The molecule has 15 aromatic carbocycles. The second-order valence-electron chi connectivity index (χ2n) is 37.5. The molecule has 614 valence electrons. The minimum Gasteiger partial charge on any atom is -0.310 e. The number of rotatable bonds is 16. The van der Waals surface area contributed by atoms with Crippen LogP contribution in [-0.4, -0.2) is 4.57 Å².